The van der Waals surface area contributed by atoms with Gasteiger partial charge in [-0.3, -0.25) is 4.79 Å². The first kappa shape index (κ1) is 16.1. The van der Waals surface area contributed by atoms with E-state index >= 15 is 0 Å². The summed E-state index contributed by atoms with van der Waals surface area (Å²) in [5, 5.41) is 11.7. The molecule has 0 saturated carbocycles. The summed E-state index contributed by atoms with van der Waals surface area (Å²) in [6.45, 7) is 2.10. The molecule has 0 aliphatic rings. The van der Waals surface area contributed by atoms with E-state index in [0.29, 0.717) is 11.3 Å². The number of hydrogen-bond donors (Lipinski definition) is 1. The molecule has 0 saturated heterocycles. The molecular weight excluding hydrogens is 292 g/mol. The molecule has 0 spiro atoms. The standard InChI is InChI=1S/C18H18N2OS/c1-2-14-6-8-17(9-7-14)20-18(21)13-22-12-16-5-3-4-15(10-16)11-19/h3-10H,2,12-13H2,1H3,(H,20,21). The lowest BCUT2D eigenvalue weighted by molar-refractivity contribution is -0.113. The second-order valence-corrected chi connectivity index (χ2v) is 5.89. The van der Waals surface area contributed by atoms with Gasteiger partial charge in [-0.25, -0.2) is 0 Å². The van der Waals surface area contributed by atoms with Crippen molar-refractivity contribution in [3.63, 3.8) is 0 Å². The number of nitriles is 1. The summed E-state index contributed by atoms with van der Waals surface area (Å²) < 4.78 is 0. The Labute approximate surface area is 135 Å². The molecule has 0 radical (unpaired) electrons. The molecule has 0 unspecified atom stereocenters. The molecule has 4 heteroatoms. The SMILES string of the molecule is CCc1ccc(NC(=O)CSCc2cccc(C#N)c2)cc1. The van der Waals surface area contributed by atoms with E-state index in [1.54, 1.807) is 6.07 Å². The molecule has 0 aliphatic carbocycles. The lowest BCUT2D eigenvalue weighted by Crippen LogP contribution is -2.14. The summed E-state index contributed by atoms with van der Waals surface area (Å²) in [5.41, 5.74) is 3.79. The second kappa shape index (κ2) is 8.26. The van der Waals surface area contributed by atoms with Gasteiger partial charge in [0.15, 0.2) is 0 Å². The molecule has 3 nitrogen and oxygen atoms in total. The molecule has 1 amide bonds. The van der Waals surface area contributed by atoms with Crippen LogP contribution in [0.15, 0.2) is 48.5 Å². The summed E-state index contributed by atoms with van der Waals surface area (Å²) in [7, 11) is 0. The Kier molecular flexibility index (Phi) is 6.05. The van der Waals surface area contributed by atoms with Crippen LogP contribution in [0, 0.1) is 11.3 Å². The van der Waals surface area contributed by atoms with E-state index in [-0.39, 0.29) is 5.91 Å². The van der Waals surface area contributed by atoms with Gasteiger partial charge < -0.3 is 5.32 Å². The highest BCUT2D eigenvalue weighted by Crippen LogP contribution is 2.15. The molecule has 1 N–H and O–H groups in total. The van der Waals surface area contributed by atoms with Crippen molar-refractivity contribution in [1.82, 2.24) is 0 Å². The van der Waals surface area contributed by atoms with Crippen LogP contribution < -0.4 is 5.32 Å². The van der Waals surface area contributed by atoms with Gasteiger partial charge in [-0.05, 0) is 41.8 Å². The van der Waals surface area contributed by atoms with Crippen LogP contribution >= 0.6 is 11.8 Å². The van der Waals surface area contributed by atoms with Crippen LogP contribution in [0.5, 0.6) is 0 Å². The number of hydrogen-bond acceptors (Lipinski definition) is 3. The van der Waals surface area contributed by atoms with Gasteiger partial charge in [0.1, 0.15) is 0 Å². The Balaban J connectivity index is 1.78. The number of rotatable bonds is 6. The monoisotopic (exact) mass is 310 g/mol. The van der Waals surface area contributed by atoms with Gasteiger partial charge in [0.25, 0.3) is 0 Å². The van der Waals surface area contributed by atoms with Gasteiger partial charge in [-0.2, -0.15) is 5.26 Å². The lowest BCUT2D eigenvalue weighted by Gasteiger charge is -2.06. The smallest absolute Gasteiger partial charge is 0.234 e. The first-order valence-electron chi connectivity index (χ1n) is 7.17. The van der Waals surface area contributed by atoms with Crippen molar-refractivity contribution in [1.29, 1.82) is 5.26 Å². The Morgan fingerprint density at radius 2 is 1.95 bits per heavy atom. The quantitative estimate of drug-likeness (QED) is 0.877. The molecule has 0 aliphatic heterocycles. The van der Waals surface area contributed by atoms with Crippen LogP contribution in [0.4, 0.5) is 5.69 Å². The average Bonchev–Trinajstić information content (AvgIpc) is 2.56. The van der Waals surface area contributed by atoms with Crippen LogP contribution in [0.1, 0.15) is 23.6 Å². The number of nitrogens with one attached hydrogen (secondary N) is 1. The van der Waals surface area contributed by atoms with E-state index in [1.807, 2.05) is 42.5 Å². The van der Waals surface area contributed by atoms with Crippen molar-refractivity contribution >= 4 is 23.4 Å². The highest BCUT2D eigenvalue weighted by molar-refractivity contribution is 7.99. The molecule has 0 heterocycles. The number of amides is 1. The fraction of sp³-hybridized carbons (Fsp3) is 0.222. The van der Waals surface area contributed by atoms with E-state index in [0.717, 1.165) is 23.4 Å². The van der Waals surface area contributed by atoms with Crippen molar-refractivity contribution in [3.8, 4) is 6.07 Å². The lowest BCUT2D eigenvalue weighted by atomic mass is 10.1. The number of carbonyl (C=O) groups is 1. The van der Waals surface area contributed by atoms with Crippen molar-refractivity contribution in [2.75, 3.05) is 11.1 Å². The molecule has 2 aromatic carbocycles. The maximum Gasteiger partial charge on any atom is 0.234 e. The zero-order valence-electron chi connectivity index (χ0n) is 12.5. The van der Waals surface area contributed by atoms with E-state index in [9.17, 15) is 4.79 Å². The van der Waals surface area contributed by atoms with Crippen molar-refractivity contribution in [2.45, 2.75) is 19.1 Å². The zero-order valence-corrected chi connectivity index (χ0v) is 13.3. The first-order chi connectivity index (χ1) is 10.7. The third kappa shape index (κ3) is 4.94. The molecule has 112 valence electrons. The molecule has 0 fully saturated rings. The Morgan fingerprint density at radius 3 is 2.64 bits per heavy atom. The summed E-state index contributed by atoms with van der Waals surface area (Å²) in [5.74, 6) is 1.11. The number of nitrogens with zero attached hydrogens (tertiary/aromatic N) is 1. The van der Waals surface area contributed by atoms with Crippen LogP contribution in [-0.4, -0.2) is 11.7 Å². The van der Waals surface area contributed by atoms with E-state index in [2.05, 4.69) is 18.3 Å². The van der Waals surface area contributed by atoms with Crippen LogP contribution in [0.3, 0.4) is 0 Å². The number of aryl methyl sites for hydroxylation is 1. The number of benzene rings is 2. The number of thioether (sulfide) groups is 1. The minimum absolute atomic E-state index is 0.00862. The molecule has 0 atom stereocenters. The highest BCUT2D eigenvalue weighted by atomic mass is 32.2. The van der Waals surface area contributed by atoms with Crippen molar-refractivity contribution in [2.24, 2.45) is 0 Å². The Hall–Kier alpha value is -2.25. The predicted molar refractivity (Wildman–Crippen MR) is 91.8 cm³/mol. The Morgan fingerprint density at radius 1 is 1.18 bits per heavy atom. The van der Waals surface area contributed by atoms with Crippen LogP contribution in [-0.2, 0) is 17.0 Å². The second-order valence-electron chi connectivity index (χ2n) is 4.90. The summed E-state index contributed by atoms with van der Waals surface area (Å²) in [6.07, 6.45) is 0.992. The first-order valence-corrected chi connectivity index (χ1v) is 8.32. The molecule has 2 rings (SSSR count). The summed E-state index contributed by atoms with van der Waals surface area (Å²) in [6, 6.07) is 17.5. The maximum atomic E-state index is 11.9. The normalized spacial score (nSPS) is 10.0. The summed E-state index contributed by atoms with van der Waals surface area (Å²) in [4.78, 5) is 11.9. The van der Waals surface area contributed by atoms with E-state index in [1.165, 1.54) is 17.3 Å². The van der Waals surface area contributed by atoms with Gasteiger partial charge >= 0.3 is 0 Å². The van der Waals surface area contributed by atoms with E-state index < -0.39 is 0 Å². The molecule has 2 aromatic rings. The minimum Gasteiger partial charge on any atom is -0.325 e. The summed E-state index contributed by atoms with van der Waals surface area (Å²) >= 11 is 1.54. The van der Waals surface area contributed by atoms with Crippen molar-refractivity contribution in [3.05, 3.63) is 65.2 Å². The predicted octanol–water partition coefficient (Wildman–Crippen LogP) is 3.99. The zero-order chi connectivity index (χ0) is 15.8. The average molecular weight is 310 g/mol. The number of carbonyl (C=O) groups excluding carboxylic acids is 1. The maximum absolute atomic E-state index is 11.9. The third-order valence-corrected chi connectivity index (χ3v) is 4.21. The van der Waals surface area contributed by atoms with Gasteiger partial charge in [0, 0.05) is 11.4 Å². The van der Waals surface area contributed by atoms with Crippen LogP contribution in [0.2, 0.25) is 0 Å². The molecular formula is C18H18N2OS. The molecule has 0 bridgehead atoms. The van der Waals surface area contributed by atoms with Crippen molar-refractivity contribution < 1.29 is 4.79 Å². The fourth-order valence-electron chi connectivity index (χ4n) is 2.01. The topological polar surface area (TPSA) is 52.9 Å². The van der Waals surface area contributed by atoms with Gasteiger partial charge in [-0.1, -0.05) is 31.2 Å². The fourth-order valence-corrected chi connectivity index (χ4v) is 2.79. The molecule has 0 aromatic heterocycles. The van der Waals surface area contributed by atoms with Crippen LogP contribution in [0.25, 0.3) is 0 Å². The minimum atomic E-state index is -0.00862. The van der Waals surface area contributed by atoms with Gasteiger partial charge in [0.05, 0.1) is 17.4 Å². The highest BCUT2D eigenvalue weighted by Gasteiger charge is 2.03. The van der Waals surface area contributed by atoms with E-state index in [4.69, 9.17) is 5.26 Å². The van der Waals surface area contributed by atoms with Gasteiger partial charge in [-0.15, -0.1) is 11.8 Å². The molecule has 22 heavy (non-hydrogen) atoms. The Bertz CT molecular complexity index is 674. The van der Waals surface area contributed by atoms with Gasteiger partial charge in [0.2, 0.25) is 5.91 Å². The largest absolute Gasteiger partial charge is 0.325 e. The third-order valence-electron chi connectivity index (χ3n) is 3.20. The number of anilines is 1.